The Labute approximate surface area is 101 Å². The fourth-order valence-corrected chi connectivity index (χ4v) is 2.21. The number of unbranched alkanes of at least 4 members (excludes halogenated alkanes) is 3. The molecule has 2 nitrogen and oxygen atoms in total. The standard InChI is InChI=1S/C14H29NO/c1-6-9-10-11-12-13(16)14(4,5)15(7-2)8-3/h6-12H2,1-5H3. The largest absolute Gasteiger partial charge is 0.298 e. The van der Waals surface area contributed by atoms with Crippen LogP contribution in [0.25, 0.3) is 0 Å². The zero-order valence-corrected chi connectivity index (χ0v) is 11.8. The Morgan fingerprint density at radius 2 is 1.56 bits per heavy atom. The van der Waals surface area contributed by atoms with E-state index in [4.69, 9.17) is 0 Å². The third-order valence-electron chi connectivity index (χ3n) is 3.49. The van der Waals surface area contributed by atoms with Gasteiger partial charge in [-0.25, -0.2) is 0 Å². The van der Waals surface area contributed by atoms with Crippen LogP contribution >= 0.6 is 0 Å². The highest BCUT2D eigenvalue weighted by Crippen LogP contribution is 2.18. The number of ketones is 1. The summed E-state index contributed by atoms with van der Waals surface area (Å²) in [6.45, 7) is 12.4. The normalized spacial score (nSPS) is 12.1. The van der Waals surface area contributed by atoms with Gasteiger partial charge in [-0.2, -0.15) is 0 Å². The molecule has 2 heteroatoms. The van der Waals surface area contributed by atoms with Crippen LogP contribution in [0.2, 0.25) is 0 Å². The molecule has 0 aliphatic rings. The summed E-state index contributed by atoms with van der Waals surface area (Å²) in [5, 5.41) is 0. The number of hydrogen-bond acceptors (Lipinski definition) is 2. The smallest absolute Gasteiger partial charge is 0.152 e. The molecule has 0 saturated heterocycles. The molecule has 0 bridgehead atoms. The molecule has 0 aromatic rings. The number of Topliss-reactive ketones (excluding diaryl/α,β-unsaturated/α-hetero) is 1. The fraction of sp³-hybridized carbons (Fsp3) is 0.929. The maximum absolute atomic E-state index is 12.1. The second kappa shape index (κ2) is 7.83. The lowest BCUT2D eigenvalue weighted by Crippen LogP contribution is -2.49. The minimum atomic E-state index is -0.282. The van der Waals surface area contributed by atoms with E-state index >= 15 is 0 Å². The highest BCUT2D eigenvalue weighted by Gasteiger charge is 2.31. The van der Waals surface area contributed by atoms with Crippen LogP contribution in [0.4, 0.5) is 0 Å². The Morgan fingerprint density at radius 3 is 2.00 bits per heavy atom. The van der Waals surface area contributed by atoms with Gasteiger partial charge in [-0.3, -0.25) is 9.69 Å². The van der Waals surface area contributed by atoms with Crippen LogP contribution < -0.4 is 0 Å². The van der Waals surface area contributed by atoms with Gasteiger partial charge in [-0.05, 0) is 33.4 Å². The van der Waals surface area contributed by atoms with E-state index in [-0.39, 0.29) is 5.54 Å². The van der Waals surface area contributed by atoms with Gasteiger partial charge < -0.3 is 0 Å². The van der Waals surface area contributed by atoms with E-state index in [2.05, 4.69) is 39.5 Å². The highest BCUT2D eigenvalue weighted by molar-refractivity contribution is 5.87. The molecule has 0 saturated carbocycles. The first-order valence-electron chi connectivity index (χ1n) is 6.79. The average Bonchev–Trinajstić information content (AvgIpc) is 2.25. The van der Waals surface area contributed by atoms with E-state index < -0.39 is 0 Å². The monoisotopic (exact) mass is 227 g/mol. The first-order valence-corrected chi connectivity index (χ1v) is 6.79. The molecule has 0 rings (SSSR count). The van der Waals surface area contributed by atoms with Crippen molar-refractivity contribution < 1.29 is 4.79 Å². The van der Waals surface area contributed by atoms with Crippen molar-refractivity contribution in [1.29, 1.82) is 0 Å². The van der Waals surface area contributed by atoms with Crippen LogP contribution in [-0.4, -0.2) is 29.3 Å². The fourth-order valence-electron chi connectivity index (χ4n) is 2.21. The second-order valence-electron chi connectivity index (χ2n) is 4.97. The zero-order valence-electron chi connectivity index (χ0n) is 11.8. The summed E-state index contributed by atoms with van der Waals surface area (Å²) in [5.41, 5.74) is -0.282. The molecule has 0 aromatic heterocycles. The summed E-state index contributed by atoms with van der Waals surface area (Å²) in [6.07, 6.45) is 5.46. The molecule has 0 N–H and O–H groups in total. The van der Waals surface area contributed by atoms with E-state index in [1.165, 1.54) is 19.3 Å². The molecular formula is C14H29NO. The molecule has 0 heterocycles. The van der Waals surface area contributed by atoms with Crippen molar-refractivity contribution in [3.63, 3.8) is 0 Å². The molecule has 0 unspecified atom stereocenters. The van der Waals surface area contributed by atoms with Crippen LogP contribution in [0.15, 0.2) is 0 Å². The van der Waals surface area contributed by atoms with Gasteiger partial charge in [-0.1, -0.05) is 40.0 Å². The number of rotatable bonds is 9. The molecule has 0 atom stereocenters. The van der Waals surface area contributed by atoms with Crippen molar-refractivity contribution in [2.24, 2.45) is 0 Å². The van der Waals surface area contributed by atoms with Crippen molar-refractivity contribution in [2.45, 2.75) is 72.3 Å². The number of carbonyl (C=O) groups excluding carboxylic acids is 1. The van der Waals surface area contributed by atoms with E-state index in [0.717, 1.165) is 25.9 Å². The lowest BCUT2D eigenvalue weighted by atomic mass is 9.92. The SMILES string of the molecule is CCCCCCC(=O)C(C)(C)N(CC)CC. The molecule has 0 radical (unpaired) electrons. The molecule has 96 valence electrons. The van der Waals surface area contributed by atoms with E-state index in [9.17, 15) is 4.79 Å². The van der Waals surface area contributed by atoms with Gasteiger partial charge in [0.25, 0.3) is 0 Å². The Kier molecular flexibility index (Phi) is 7.65. The summed E-state index contributed by atoms with van der Waals surface area (Å²) < 4.78 is 0. The van der Waals surface area contributed by atoms with E-state index in [0.29, 0.717) is 5.78 Å². The predicted octanol–water partition coefficient (Wildman–Crippen LogP) is 3.65. The summed E-state index contributed by atoms with van der Waals surface area (Å²) in [4.78, 5) is 14.4. The van der Waals surface area contributed by atoms with Crippen LogP contribution in [0.1, 0.15) is 66.7 Å². The minimum Gasteiger partial charge on any atom is -0.298 e. The van der Waals surface area contributed by atoms with Gasteiger partial charge in [0.2, 0.25) is 0 Å². The Balaban J connectivity index is 4.12. The van der Waals surface area contributed by atoms with Crippen molar-refractivity contribution in [3.8, 4) is 0 Å². The van der Waals surface area contributed by atoms with E-state index in [1.807, 2.05) is 0 Å². The predicted molar refractivity (Wildman–Crippen MR) is 70.8 cm³/mol. The summed E-state index contributed by atoms with van der Waals surface area (Å²) >= 11 is 0. The highest BCUT2D eigenvalue weighted by atomic mass is 16.1. The number of hydrogen-bond donors (Lipinski definition) is 0. The first kappa shape index (κ1) is 15.6. The van der Waals surface area contributed by atoms with Gasteiger partial charge in [0.1, 0.15) is 0 Å². The minimum absolute atomic E-state index is 0.282. The van der Waals surface area contributed by atoms with Gasteiger partial charge >= 0.3 is 0 Å². The van der Waals surface area contributed by atoms with Gasteiger partial charge in [0, 0.05) is 6.42 Å². The van der Waals surface area contributed by atoms with Crippen molar-refractivity contribution in [3.05, 3.63) is 0 Å². The third kappa shape index (κ3) is 4.65. The molecule has 0 spiro atoms. The van der Waals surface area contributed by atoms with Crippen LogP contribution in [0, 0.1) is 0 Å². The Bertz CT molecular complexity index is 195. The summed E-state index contributed by atoms with van der Waals surface area (Å²) in [7, 11) is 0. The molecule has 0 aromatic carbocycles. The molecule has 16 heavy (non-hydrogen) atoms. The molecule has 0 fully saturated rings. The van der Waals surface area contributed by atoms with Gasteiger partial charge in [0.15, 0.2) is 5.78 Å². The topological polar surface area (TPSA) is 20.3 Å². The van der Waals surface area contributed by atoms with Crippen molar-refractivity contribution in [1.82, 2.24) is 4.90 Å². The van der Waals surface area contributed by atoms with Crippen molar-refractivity contribution in [2.75, 3.05) is 13.1 Å². The Morgan fingerprint density at radius 1 is 1.00 bits per heavy atom. The Hall–Kier alpha value is -0.370. The third-order valence-corrected chi connectivity index (χ3v) is 3.49. The summed E-state index contributed by atoms with van der Waals surface area (Å²) in [6, 6.07) is 0. The lowest BCUT2D eigenvalue weighted by molar-refractivity contribution is -0.129. The van der Waals surface area contributed by atoms with E-state index in [1.54, 1.807) is 0 Å². The zero-order chi connectivity index (χ0) is 12.6. The lowest BCUT2D eigenvalue weighted by Gasteiger charge is -2.35. The maximum Gasteiger partial charge on any atom is 0.152 e. The second-order valence-corrected chi connectivity index (χ2v) is 4.97. The molecular weight excluding hydrogens is 198 g/mol. The van der Waals surface area contributed by atoms with Crippen LogP contribution in [0.3, 0.4) is 0 Å². The maximum atomic E-state index is 12.1. The number of nitrogens with zero attached hydrogens (tertiary/aromatic N) is 1. The molecule has 0 aliphatic heterocycles. The number of likely N-dealkylation sites (N-methyl/N-ethyl adjacent to an activating group) is 1. The van der Waals surface area contributed by atoms with Crippen LogP contribution in [0.5, 0.6) is 0 Å². The average molecular weight is 227 g/mol. The summed E-state index contributed by atoms with van der Waals surface area (Å²) in [5.74, 6) is 0.396. The number of carbonyl (C=O) groups is 1. The van der Waals surface area contributed by atoms with Gasteiger partial charge in [-0.15, -0.1) is 0 Å². The quantitative estimate of drug-likeness (QED) is 0.560. The first-order chi connectivity index (χ1) is 7.50. The van der Waals surface area contributed by atoms with Crippen molar-refractivity contribution >= 4 is 5.78 Å². The van der Waals surface area contributed by atoms with Gasteiger partial charge in [0.05, 0.1) is 5.54 Å². The molecule has 0 amide bonds. The molecule has 0 aliphatic carbocycles. The van der Waals surface area contributed by atoms with Crippen LogP contribution in [-0.2, 0) is 4.79 Å².